The molecule has 1 saturated carbocycles. The highest BCUT2D eigenvalue weighted by Crippen LogP contribution is 2.30. The molecule has 0 saturated heterocycles. The fourth-order valence-electron chi connectivity index (χ4n) is 1.89. The van der Waals surface area contributed by atoms with Gasteiger partial charge in [0.25, 0.3) is 5.91 Å². The number of nitrogen functional groups attached to an aromatic ring is 1. The molecule has 1 fully saturated rings. The Bertz CT molecular complexity index is 624. The van der Waals surface area contributed by atoms with Crippen LogP contribution in [-0.2, 0) is 6.42 Å². The number of carbonyl (C=O) groups excluding carboxylic acids is 1. The van der Waals surface area contributed by atoms with Gasteiger partial charge in [0.1, 0.15) is 10.7 Å². The summed E-state index contributed by atoms with van der Waals surface area (Å²) in [5.74, 6) is 0.114. The molecule has 1 aliphatic rings. The highest BCUT2D eigenvalue weighted by atomic mass is 32.1. The number of rotatable bonds is 6. The first kappa shape index (κ1) is 13.8. The van der Waals surface area contributed by atoms with E-state index in [1.54, 1.807) is 6.20 Å². The van der Waals surface area contributed by atoms with Crippen LogP contribution in [0.4, 0.5) is 10.9 Å². The van der Waals surface area contributed by atoms with Crippen molar-refractivity contribution in [3.8, 4) is 0 Å². The fourth-order valence-corrected chi connectivity index (χ4v) is 2.77. The van der Waals surface area contributed by atoms with Crippen LogP contribution in [-0.4, -0.2) is 28.5 Å². The highest BCUT2D eigenvalue weighted by Gasteiger charge is 2.24. The molecular weight excluding hydrogens is 286 g/mol. The number of nitrogens with one attached hydrogen (secondary N) is 2. The topological polar surface area (TPSA) is 92.9 Å². The zero-order valence-corrected chi connectivity index (χ0v) is 12.3. The first-order chi connectivity index (χ1) is 10.2. The molecule has 2 aromatic heterocycles. The molecule has 0 aromatic carbocycles. The normalized spacial score (nSPS) is 13.9. The smallest absolute Gasteiger partial charge is 0.265 e. The van der Waals surface area contributed by atoms with E-state index < -0.39 is 0 Å². The lowest BCUT2D eigenvalue weighted by Gasteiger charge is -2.03. The summed E-state index contributed by atoms with van der Waals surface area (Å²) in [6, 6.07) is 6.23. The van der Waals surface area contributed by atoms with Crippen LogP contribution >= 0.6 is 11.3 Å². The highest BCUT2D eigenvalue weighted by molar-refractivity contribution is 7.18. The quantitative estimate of drug-likeness (QED) is 0.755. The second-order valence-electron chi connectivity index (χ2n) is 4.98. The number of thiazole rings is 1. The van der Waals surface area contributed by atoms with E-state index in [-0.39, 0.29) is 5.91 Å². The summed E-state index contributed by atoms with van der Waals surface area (Å²) in [5.41, 5.74) is 6.76. The van der Waals surface area contributed by atoms with E-state index in [0.29, 0.717) is 29.7 Å². The van der Waals surface area contributed by atoms with Crippen LogP contribution in [0.3, 0.4) is 0 Å². The van der Waals surface area contributed by atoms with Gasteiger partial charge in [-0.2, -0.15) is 0 Å². The molecule has 3 rings (SSSR count). The van der Waals surface area contributed by atoms with Crippen molar-refractivity contribution in [2.75, 3.05) is 17.6 Å². The minimum Gasteiger partial charge on any atom is -0.382 e. The van der Waals surface area contributed by atoms with Crippen LogP contribution in [0, 0.1) is 0 Å². The number of carbonyl (C=O) groups is 1. The maximum absolute atomic E-state index is 12.1. The third-order valence-corrected chi connectivity index (χ3v) is 4.16. The van der Waals surface area contributed by atoms with Crippen molar-refractivity contribution >= 4 is 28.2 Å². The first-order valence-corrected chi connectivity index (χ1v) is 7.75. The van der Waals surface area contributed by atoms with Crippen molar-refractivity contribution in [2.24, 2.45) is 0 Å². The van der Waals surface area contributed by atoms with Gasteiger partial charge in [-0.3, -0.25) is 9.78 Å². The largest absolute Gasteiger partial charge is 0.382 e. The summed E-state index contributed by atoms with van der Waals surface area (Å²) in [5, 5.41) is 6.83. The van der Waals surface area contributed by atoms with Gasteiger partial charge in [0.05, 0.1) is 0 Å². The molecule has 0 atom stereocenters. The maximum Gasteiger partial charge on any atom is 0.265 e. The number of hydrogen-bond acceptors (Lipinski definition) is 6. The Labute approximate surface area is 126 Å². The average molecular weight is 303 g/mol. The number of amides is 1. The minimum absolute atomic E-state index is 0.176. The molecule has 0 bridgehead atoms. The lowest BCUT2D eigenvalue weighted by Crippen LogP contribution is -2.25. The van der Waals surface area contributed by atoms with Crippen LogP contribution in [0.5, 0.6) is 0 Å². The summed E-state index contributed by atoms with van der Waals surface area (Å²) < 4.78 is 0. The Morgan fingerprint density at radius 1 is 1.43 bits per heavy atom. The summed E-state index contributed by atoms with van der Waals surface area (Å²) in [6.07, 6.45) is 4.75. The predicted octanol–water partition coefficient (Wildman–Crippen LogP) is 1.67. The number of pyridine rings is 1. The van der Waals surface area contributed by atoms with Gasteiger partial charge in [0, 0.05) is 30.9 Å². The molecule has 21 heavy (non-hydrogen) atoms. The van der Waals surface area contributed by atoms with E-state index in [1.807, 2.05) is 18.2 Å². The van der Waals surface area contributed by atoms with Gasteiger partial charge in [-0.15, -0.1) is 0 Å². The average Bonchev–Trinajstić information content (AvgIpc) is 3.21. The van der Waals surface area contributed by atoms with Crippen molar-refractivity contribution in [3.05, 3.63) is 35.0 Å². The summed E-state index contributed by atoms with van der Waals surface area (Å²) in [7, 11) is 0. The molecule has 0 aliphatic heterocycles. The number of aromatic nitrogens is 2. The molecule has 0 spiro atoms. The molecule has 1 amide bonds. The van der Waals surface area contributed by atoms with Crippen molar-refractivity contribution in [3.63, 3.8) is 0 Å². The van der Waals surface area contributed by atoms with Gasteiger partial charge in [0.2, 0.25) is 0 Å². The fraction of sp³-hybridized carbons (Fsp3) is 0.357. The van der Waals surface area contributed by atoms with Gasteiger partial charge in [-0.1, -0.05) is 17.4 Å². The van der Waals surface area contributed by atoms with Crippen LogP contribution < -0.4 is 16.4 Å². The SMILES string of the molecule is Nc1nc(NC2CC2)sc1C(=O)NCCc1ccccn1. The molecule has 2 heterocycles. The van der Waals surface area contributed by atoms with E-state index in [9.17, 15) is 4.79 Å². The van der Waals surface area contributed by atoms with E-state index in [2.05, 4.69) is 20.6 Å². The molecule has 7 heteroatoms. The second-order valence-corrected chi connectivity index (χ2v) is 5.98. The number of anilines is 2. The van der Waals surface area contributed by atoms with Gasteiger partial charge in [-0.05, 0) is 25.0 Å². The number of nitrogens with zero attached hydrogens (tertiary/aromatic N) is 2. The third-order valence-electron chi connectivity index (χ3n) is 3.16. The first-order valence-electron chi connectivity index (χ1n) is 6.93. The van der Waals surface area contributed by atoms with E-state index in [0.717, 1.165) is 23.7 Å². The zero-order chi connectivity index (χ0) is 14.7. The van der Waals surface area contributed by atoms with E-state index in [4.69, 9.17) is 5.73 Å². The lowest BCUT2D eigenvalue weighted by molar-refractivity contribution is 0.0959. The second kappa shape index (κ2) is 6.09. The van der Waals surface area contributed by atoms with Crippen molar-refractivity contribution < 1.29 is 4.79 Å². The maximum atomic E-state index is 12.1. The Kier molecular flexibility index (Phi) is 4.01. The molecule has 1 aliphatic carbocycles. The molecule has 0 radical (unpaired) electrons. The molecule has 4 N–H and O–H groups in total. The summed E-state index contributed by atoms with van der Waals surface area (Å²) in [6.45, 7) is 0.526. The molecule has 0 unspecified atom stereocenters. The van der Waals surface area contributed by atoms with Crippen molar-refractivity contribution in [1.29, 1.82) is 0 Å². The van der Waals surface area contributed by atoms with Crippen LogP contribution in [0.15, 0.2) is 24.4 Å². The standard InChI is InChI=1S/C14H17N5OS/c15-12-11(21-14(19-12)18-10-4-5-10)13(20)17-8-6-9-3-1-2-7-16-9/h1-3,7,10H,4-6,8,15H2,(H,17,20)(H,18,19). The molecule has 6 nitrogen and oxygen atoms in total. The molecule has 2 aromatic rings. The lowest BCUT2D eigenvalue weighted by atomic mass is 10.3. The third kappa shape index (κ3) is 3.69. The Hall–Kier alpha value is -2.15. The van der Waals surface area contributed by atoms with Gasteiger partial charge in [0.15, 0.2) is 5.13 Å². The summed E-state index contributed by atoms with van der Waals surface area (Å²) >= 11 is 1.31. The zero-order valence-electron chi connectivity index (χ0n) is 11.5. The van der Waals surface area contributed by atoms with E-state index in [1.165, 1.54) is 11.3 Å². The van der Waals surface area contributed by atoms with E-state index >= 15 is 0 Å². The number of nitrogens with two attached hydrogens (primary N) is 1. The monoisotopic (exact) mass is 303 g/mol. The Morgan fingerprint density at radius 2 is 2.29 bits per heavy atom. The predicted molar refractivity (Wildman–Crippen MR) is 83.4 cm³/mol. The van der Waals surface area contributed by atoms with Crippen molar-refractivity contribution in [2.45, 2.75) is 25.3 Å². The number of hydrogen-bond donors (Lipinski definition) is 3. The van der Waals surface area contributed by atoms with Crippen LogP contribution in [0.1, 0.15) is 28.2 Å². The van der Waals surface area contributed by atoms with Gasteiger partial charge < -0.3 is 16.4 Å². The minimum atomic E-state index is -0.176. The molecule has 110 valence electrons. The van der Waals surface area contributed by atoms with Gasteiger partial charge >= 0.3 is 0 Å². The Balaban J connectivity index is 1.53. The van der Waals surface area contributed by atoms with Crippen molar-refractivity contribution in [1.82, 2.24) is 15.3 Å². The summed E-state index contributed by atoms with van der Waals surface area (Å²) in [4.78, 5) is 21.0. The molecular formula is C14H17N5OS. The van der Waals surface area contributed by atoms with Crippen LogP contribution in [0.25, 0.3) is 0 Å². The van der Waals surface area contributed by atoms with Gasteiger partial charge in [-0.25, -0.2) is 4.98 Å². The van der Waals surface area contributed by atoms with Crippen LogP contribution in [0.2, 0.25) is 0 Å². The Morgan fingerprint density at radius 3 is 3.00 bits per heavy atom.